The lowest BCUT2D eigenvalue weighted by atomic mass is 9.70. The van der Waals surface area contributed by atoms with E-state index < -0.39 is 0 Å². The van der Waals surface area contributed by atoms with Gasteiger partial charge in [0, 0.05) is 43.9 Å². The SMILES string of the molecule is CC(=O)N1C[C@]2(C)CN3[C@@H](O[C@@H]4C[C@H](C)CC[C@H]4C3(C)C)[C@@H]2N1C. The van der Waals surface area contributed by atoms with Crippen molar-refractivity contribution in [3.05, 3.63) is 0 Å². The number of rotatable bonds is 0. The molecule has 0 spiro atoms. The van der Waals surface area contributed by atoms with Crippen LogP contribution in [0.5, 0.6) is 0 Å². The Hall–Kier alpha value is -0.650. The average molecular weight is 335 g/mol. The van der Waals surface area contributed by atoms with Crippen LogP contribution in [0.4, 0.5) is 0 Å². The Bertz CT molecular complexity index is 551. The van der Waals surface area contributed by atoms with Crippen LogP contribution in [0.15, 0.2) is 0 Å². The van der Waals surface area contributed by atoms with E-state index in [2.05, 4.69) is 44.7 Å². The molecule has 3 saturated heterocycles. The number of fused-ring (bicyclic) bond motifs is 4. The van der Waals surface area contributed by atoms with E-state index in [1.807, 2.05) is 5.01 Å². The summed E-state index contributed by atoms with van der Waals surface area (Å²) in [5.74, 6) is 1.52. The summed E-state index contributed by atoms with van der Waals surface area (Å²) < 4.78 is 6.74. The van der Waals surface area contributed by atoms with Crippen molar-refractivity contribution in [3.63, 3.8) is 0 Å². The van der Waals surface area contributed by atoms with E-state index in [1.165, 1.54) is 19.3 Å². The molecule has 4 aliphatic rings. The highest BCUT2D eigenvalue weighted by atomic mass is 16.5. The molecule has 5 nitrogen and oxygen atoms in total. The molecule has 4 fully saturated rings. The molecule has 0 radical (unpaired) electrons. The molecular formula is C19H33N3O2. The molecule has 4 rings (SSSR count). The van der Waals surface area contributed by atoms with Gasteiger partial charge in [-0.3, -0.25) is 14.7 Å². The maximum atomic E-state index is 12.0. The van der Waals surface area contributed by atoms with Gasteiger partial charge in [-0.05, 0) is 32.6 Å². The number of amides is 1. The third-order valence-electron chi connectivity index (χ3n) is 7.50. The standard InChI is InChI=1S/C19H33N3O2/c1-12-7-8-14-15(9-12)24-17-16-19(5,10-21(17)18(14,3)4)11-22(13(2)23)20(16)6/h12,14-17H,7-11H2,1-6H3/t12-,14-,15-,16+,17+,19+/m1/s1. The number of likely N-dealkylation sites (N-methyl/N-ethyl adjacent to an activating group) is 1. The quantitative estimate of drug-likeness (QED) is 0.681. The van der Waals surface area contributed by atoms with Crippen molar-refractivity contribution < 1.29 is 9.53 Å². The molecule has 6 atom stereocenters. The van der Waals surface area contributed by atoms with Crippen molar-refractivity contribution in [1.29, 1.82) is 0 Å². The highest BCUT2D eigenvalue weighted by molar-refractivity contribution is 5.73. The largest absolute Gasteiger partial charge is 0.358 e. The number of hydrazine groups is 1. The summed E-state index contributed by atoms with van der Waals surface area (Å²) in [6.45, 7) is 13.0. The van der Waals surface area contributed by atoms with Crippen LogP contribution >= 0.6 is 0 Å². The summed E-state index contributed by atoms with van der Waals surface area (Å²) in [5.41, 5.74) is 0.254. The summed E-state index contributed by atoms with van der Waals surface area (Å²) >= 11 is 0. The molecule has 136 valence electrons. The van der Waals surface area contributed by atoms with Crippen molar-refractivity contribution in [2.24, 2.45) is 17.3 Å². The van der Waals surface area contributed by atoms with Crippen molar-refractivity contribution >= 4 is 5.91 Å². The van der Waals surface area contributed by atoms with Gasteiger partial charge in [0.1, 0.15) is 6.23 Å². The van der Waals surface area contributed by atoms with Crippen molar-refractivity contribution in [3.8, 4) is 0 Å². The normalized spacial score (nSPS) is 48.1. The minimum atomic E-state index is 0.0848. The molecular weight excluding hydrogens is 302 g/mol. The van der Waals surface area contributed by atoms with Gasteiger partial charge < -0.3 is 4.74 Å². The summed E-state index contributed by atoms with van der Waals surface area (Å²) in [4.78, 5) is 14.6. The average Bonchev–Trinajstić information content (AvgIpc) is 2.91. The summed E-state index contributed by atoms with van der Waals surface area (Å²) in [6, 6.07) is 0.263. The molecule has 0 bridgehead atoms. The molecule has 3 heterocycles. The molecule has 0 unspecified atom stereocenters. The highest BCUT2D eigenvalue weighted by Gasteiger charge is 2.65. The number of hydrogen-bond acceptors (Lipinski definition) is 4. The van der Waals surface area contributed by atoms with Gasteiger partial charge in [-0.15, -0.1) is 0 Å². The van der Waals surface area contributed by atoms with Crippen LogP contribution in [0.2, 0.25) is 0 Å². The number of carbonyl (C=O) groups excluding carboxylic acids is 1. The molecule has 1 aliphatic carbocycles. The van der Waals surface area contributed by atoms with Crippen LogP contribution in [0.1, 0.15) is 53.9 Å². The van der Waals surface area contributed by atoms with Crippen LogP contribution in [0.3, 0.4) is 0 Å². The Balaban J connectivity index is 1.67. The first-order valence-electron chi connectivity index (χ1n) is 9.58. The van der Waals surface area contributed by atoms with Gasteiger partial charge in [-0.1, -0.05) is 20.3 Å². The van der Waals surface area contributed by atoms with Gasteiger partial charge in [0.2, 0.25) is 5.91 Å². The van der Waals surface area contributed by atoms with Gasteiger partial charge in [0.25, 0.3) is 0 Å². The van der Waals surface area contributed by atoms with Crippen LogP contribution < -0.4 is 0 Å². The molecule has 1 saturated carbocycles. The topological polar surface area (TPSA) is 36.0 Å². The summed E-state index contributed by atoms with van der Waals surface area (Å²) in [5, 5.41) is 4.07. The molecule has 0 N–H and O–H groups in total. The minimum Gasteiger partial charge on any atom is -0.358 e. The molecule has 0 aromatic heterocycles. The van der Waals surface area contributed by atoms with Gasteiger partial charge in [-0.25, -0.2) is 5.01 Å². The molecule has 0 aromatic carbocycles. The Morgan fingerprint density at radius 2 is 1.88 bits per heavy atom. The summed E-state index contributed by atoms with van der Waals surface area (Å²) in [7, 11) is 2.06. The maximum Gasteiger partial charge on any atom is 0.233 e. The Kier molecular flexibility index (Phi) is 3.63. The van der Waals surface area contributed by atoms with Crippen LogP contribution in [-0.4, -0.2) is 64.9 Å². The Morgan fingerprint density at radius 3 is 2.54 bits per heavy atom. The lowest BCUT2D eigenvalue weighted by Gasteiger charge is -2.56. The number of ether oxygens (including phenoxy) is 1. The summed E-state index contributed by atoms with van der Waals surface area (Å²) in [6.07, 6.45) is 4.25. The Labute approximate surface area is 146 Å². The Morgan fingerprint density at radius 1 is 1.17 bits per heavy atom. The zero-order valence-corrected chi connectivity index (χ0v) is 16.1. The molecule has 0 aromatic rings. The van der Waals surface area contributed by atoms with E-state index in [4.69, 9.17) is 4.74 Å². The number of carbonyl (C=O) groups is 1. The first-order valence-corrected chi connectivity index (χ1v) is 9.58. The van der Waals surface area contributed by atoms with E-state index in [1.54, 1.807) is 6.92 Å². The maximum absolute atomic E-state index is 12.0. The fourth-order valence-electron chi connectivity index (χ4n) is 6.16. The van der Waals surface area contributed by atoms with E-state index in [0.29, 0.717) is 12.0 Å². The van der Waals surface area contributed by atoms with Crippen LogP contribution in [-0.2, 0) is 9.53 Å². The third kappa shape index (κ3) is 2.14. The lowest BCUT2D eigenvalue weighted by molar-refractivity contribution is -0.236. The fourth-order valence-corrected chi connectivity index (χ4v) is 6.16. The first kappa shape index (κ1) is 16.8. The second-order valence-corrected chi connectivity index (χ2v) is 9.62. The number of nitrogens with zero attached hydrogens (tertiary/aromatic N) is 3. The molecule has 5 heteroatoms. The second-order valence-electron chi connectivity index (χ2n) is 9.62. The van der Waals surface area contributed by atoms with E-state index >= 15 is 0 Å². The predicted molar refractivity (Wildman–Crippen MR) is 93.0 cm³/mol. The van der Waals surface area contributed by atoms with Crippen LogP contribution in [0.25, 0.3) is 0 Å². The van der Waals surface area contributed by atoms with Crippen LogP contribution in [0, 0.1) is 17.3 Å². The third-order valence-corrected chi connectivity index (χ3v) is 7.50. The second kappa shape index (κ2) is 5.18. The van der Waals surface area contributed by atoms with Crippen molar-refractivity contribution in [1.82, 2.24) is 14.9 Å². The smallest absolute Gasteiger partial charge is 0.233 e. The highest BCUT2D eigenvalue weighted by Crippen LogP contribution is 2.54. The lowest BCUT2D eigenvalue weighted by Crippen LogP contribution is -2.65. The monoisotopic (exact) mass is 335 g/mol. The first-order chi connectivity index (χ1) is 11.1. The predicted octanol–water partition coefficient (Wildman–Crippen LogP) is 2.33. The molecule has 24 heavy (non-hydrogen) atoms. The van der Waals surface area contributed by atoms with E-state index in [0.717, 1.165) is 19.0 Å². The fraction of sp³-hybridized carbons (Fsp3) is 0.947. The van der Waals surface area contributed by atoms with Gasteiger partial charge in [-0.2, -0.15) is 0 Å². The van der Waals surface area contributed by atoms with Gasteiger partial charge >= 0.3 is 0 Å². The van der Waals surface area contributed by atoms with E-state index in [9.17, 15) is 4.79 Å². The minimum absolute atomic E-state index is 0.0848. The molecule has 1 amide bonds. The van der Waals surface area contributed by atoms with Crippen molar-refractivity contribution in [2.45, 2.75) is 77.8 Å². The van der Waals surface area contributed by atoms with Gasteiger partial charge in [0.05, 0.1) is 12.1 Å². The zero-order valence-electron chi connectivity index (χ0n) is 16.1. The zero-order chi connectivity index (χ0) is 17.4. The van der Waals surface area contributed by atoms with Crippen molar-refractivity contribution in [2.75, 3.05) is 20.1 Å². The number of hydrogen-bond donors (Lipinski definition) is 0. The van der Waals surface area contributed by atoms with Gasteiger partial charge in [0.15, 0.2) is 0 Å². The molecule has 3 aliphatic heterocycles. The van der Waals surface area contributed by atoms with E-state index in [-0.39, 0.29) is 29.1 Å².